The van der Waals surface area contributed by atoms with Crippen LogP contribution >= 0.6 is 0 Å². The summed E-state index contributed by atoms with van der Waals surface area (Å²) in [4.78, 5) is 27.5. The van der Waals surface area contributed by atoms with E-state index in [-0.39, 0.29) is 12.6 Å². The molecular weight excluding hydrogens is 530 g/mol. The molecule has 1 saturated heterocycles. The van der Waals surface area contributed by atoms with Gasteiger partial charge in [-0.15, -0.1) is 0 Å². The molecule has 4 rings (SSSR count). The fourth-order valence-corrected chi connectivity index (χ4v) is 4.21. The molecule has 39 heavy (non-hydrogen) atoms. The number of methoxy groups -OCH3 is 1. The molecule has 3 aromatic rings. The molecule has 0 aliphatic carbocycles. The predicted molar refractivity (Wildman–Crippen MR) is 126 cm³/mol. The van der Waals surface area contributed by atoms with E-state index in [1.54, 1.807) is 54.6 Å². The lowest BCUT2D eigenvalue weighted by molar-refractivity contribution is -0.143. The third-order valence-electron chi connectivity index (χ3n) is 6.18. The molecule has 0 radical (unpaired) electrons. The number of carbonyl (C=O) groups is 2. The fourth-order valence-electron chi connectivity index (χ4n) is 4.21. The van der Waals surface area contributed by atoms with Crippen molar-refractivity contribution in [2.24, 2.45) is 0 Å². The Kier molecular flexibility index (Phi) is 7.60. The molecule has 1 aliphatic rings. The zero-order valence-electron chi connectivity index (χ0n) is 20.4. The van der Waals surface area contributed by atoms with Crippen molar-refractivity contribution in [3.8, 4) is 5.75 Å². The van der Waals surface area contributed by atoms with Gasteiger partial charge in [0.25, 0.3) is 5.91 Å². The van der Waals surface area contributed by atoms with Crippen molar-refractivity contribution in [1.29, 1.82) is 0 Å². The summed E-state index contributed by atoms with van der Waals surface area (Å²) in [7, 11) is 1.49. The molecule has 12 heteroatoms. The van der Waals surface area contributed by atoms with Gasteiger partial charge in [-0.05, 0) is 47.0 Å². The average Bonchev–Trinajstić information content (AvgIpc) is 3.13. The monoisotopic (exact) mass is 552 g/mol. The number of amides is 3. The van der Waals surface area contributed by atoms with Crippen LogP contribution in [0.25, 0.3) is 0 Å². The van der Waals surface area contributed by atoms with Crippen molar-refractivity contribution < 1.29 is 45.4 Å². The highest BCUT2D eigenvalue weighted by molar-refractivity contribution is 6.07. The highest BCUT2D eigenvalue weighted by Gasteiger charge is 2.52. The topological polar surface area (TPSA) is 67.9 Å². The van der Waals surface area contributed by atoms with E-state index in [0.29, 0.717) is 29.0 Å². The number of imide groups is 1. The molecule has 1 unspecified atom stereocenters. The van der Waals surface area contributed by atoms with Crippen molar-refractivity contribution in [3.05, 3.63) is 101 Å². The Balaban J connectivity index is 1.60. The lowest BCUT2D eigenvalue weighted by atomic mass is 9.90. The Labute approximate surface area is 219 Å². The van der Waals surface area contributed by atoms with Crippen LogP contribution in [0, 0.1) is 0 Å². The van der Waals surface area contributed by atoms with E-state index in [9.17, 15) is 35.9 Å². The summed E-state index contributed by atoms with van der Waals surface area (Å²) in [5, 5.41) is 2.61. The van der Waals surface area contributed by atoms with Crippen LogP contribution in [-0.4, -0.2) is 30.6 Å². The number of nitrogens with zero attached hydrogens (tertiary/aromatic N) is 1. The minimum absolute atomic E-state index is 0.0206. The molecule has 1 N–H and O–H groups in total. The van der Waals surface area contributed by atoms with E-state index in [4.69, 9.17) is 9.47 Å². The van der Waals surface area contributed by atoms with Crippen LogP contribution in [0.1, 0.15) is 27.8 Å². The summed E-state index contributed by atoms with van der Waals surface area (Å²) in [6.07, 6.45) is -10.0. The second-order valence-corrected chi connectivity index (χ2v) is 8.85. The van der Waals surface area contributed by atoms with Crippen LogP contribution in [0.3, 0.4) is 0 Å². The van der Waals surface area contributed by atoms with Gasteiger partial charge >= 0.3 is 18.4 Å². The first-order valence-corrected chi connectivity index (χ1v) is 11.5. The van der Waals surface area contributed by atoms with Gasteiger partial charge in [0.1, 0.15) is 5.75 Å². The normalized spacial score (nSPS) is 17.9. The zero-order chi connectivity index (χ0) is 28.4. The number of alkyl halides is 6. The van der Waals surface area contributed by atoms with Gasteiger partial charge in [0.05, 0.1) is 38.0 Å². The van der Waals surface area contributed by atoms with Crippen LogP contribution in [0.5, 0.6) is 5.75 Å². The Morgan fingerprint density at radius 1 is 0.821 bits per heavy atom. The Morgan fingerprint density at radius 2 is 1.41 bits per heavy atom. The predicted octanol–water partition coefficient (Wildman–Crippen LogP) is 5.90. The number of hydrogen-bond donors (Lipinski definition) is 1. The first-order valence-electron chi connectivity index (χ1n) is 11.5. The molecule has 0 saturated carbocycles. The SMILES string of the molecule is COc1ccc(CN2C(=O)NC(COCc3cc(C(F)(F)F)cc(C(F)(F)F)c3)(c3ccccc3)C2=O)cc1. The van der Waals surface area contributed by atoms with Gasteiger partial charge in [0.15, 0.2) is 5.54 Å². The van der Waals surface area contributed by atoms with Crippen molar-refractivity contribution in [3.63, 3.8) is 0 Å². The third-order valence-corrected chi connectivity index (χ3v) is 6.18. The molecule has 3 aromatic carbocycles. The van der Waals surface area contributed by atoms with Crippen LogP contribution in [-0.2, 0) is 40.6 Å². The second-order valence-electron chi connectivity index (χ2n) is 8.85. The van der Waals surface area contributed by atoms with Crippen LogP contribution in [0.2, 0.25) is 0 Å². The van der Waals surface area contributed by atoms with E-state index in [0.717, 1.165) is 4.90 Å². The molecule has 6 nitrogen and oxygen atoms in total. The molecule has 0 spiro atoms. The summed E-state index contributed by atoms with van der Waals surface area (Å²) in [5.74, 6) is -0.110. The van der Waals surface area contributed by atoms with E-state index >= 15 is 0 Å². The molecule has 1 fully saturated rings. The number of halogens is 6. The quantitative estimate of drug-likeness (QED) is 0.279. The van der Waals surface area contributed by atoms with E-state index < -0.39 is 59.7 Å². The minimum Gasteiger partial charge on any atom is -0.497 e. The number of rotatable bonds is 8. The largest absolute Gasteiger partial charge is 0.497 e. The number of urea groups is 1. The van der Waals surface area contributed by atoms with Crippen LogP contribution in [0.4, 0.5) is 31.1 Å². The van der Waals surface area contributed by atoms with Gasteiger partial charge in [-0.2, -0.15) is 26.3 Å². The van der Waals surface area contributed by atoms with Crippen LogP contribution in [0.15, 0.2) is 72.8 Å². The molecule has 1 heterocycles. The minimum atomic E-state index is -5.02. The summed E-state index contributed by atoms with van der Waals surface area (Å²) in [6.45, 7) is -1.31. The second kappa shape index (κ2) is 10.6. The summed E-state index contributed by atoms with van der Waals surface area (Å²) >= 11 is 0. The first kappa shape index (κ1) is 28.0. The Morgan fingerprint density at radius 3 is 1.95 bits per heavy atom. The molecule has 0 aromatic heterocycles. The zero-order valence-corrected chi connectivity index (χ0v) is 20.4. The summed E-state index contributed by atoms with van der Waals surface area (Å²) < 4.78 is 90.0. The maximum absolute atomic E-state index is 13.6. The molecule has 0 bridgehead atoms. The van der Waals surface area contributed by atoms with Crippen molar-refractivity contribution in [1.82, 2.24) is 10.2 Å². The highest BCUT2D eigenvalue weighted by Crippen LogP contribution is 2.37. The van der Waals surface area contributed by atoms with Gasteiger partial charge < -0.3 is 14.8 Å². The van der Waals surface area contributed by atoms with Gasteiger partial charge in [-0.25, -0.2) is 4.79 Å². The highest BCUT2D eigenvalue weighted by atomic mass is 19.4. The van der Waals surface area contributed by atoms with E-state index in [1.807, 2.05) is 0 Å². The fraction of sp³-hybridized carbons (Fsp3) is 0.259. The molecule has 1 aliphatic heterocycles. The summed E-state index contributed by atoms with van der Waals surface area (Å²) in [6, 6.07) is 15.1. The number of benzene rings is 3. The molecule has 206 valence electrons. The maximum Gasteiger partial charge on any atom is 0.416 e. The smallest absolute Gasteiger partial charge is 0.416 e. The molecule has 3 amide bonds. The maximum atomic E-state index is 13.6. The van der Waals surface area contributed by atoms with Crippen molar-refractivity contribution in [2.75, 3.05) is 13.7 Å². The van der Waals surface area contributed by atoms with Crippen molar-refractivity contribution >= 4 is 11.9 Å². The van der Waals surface area contributed by atoms with Gasteiger partial charge in [-0.3, -0.25) is 9.69 Å². The van der Waals surface area contributed by atoms with E-state index in [1.165, 1.54) is 7.11 Å². The van der Waals surface area contributed by atoms with Crippen LogP contribution < -0.4 is 10.1 Å². The van der Waals surface area contributed by atoms with Crippen molar-refractivity contribution in [2.45, 2.75) is 31.0 Å². The Bertz CT molecular complexity index is 1310. The van der Waals surface area contributed by atoms with E-state index in [2.05, 4.69) is 5.32 Å². The number of hydrogen-bond acceptors (Lipinski definition) is 4. The van der Waals surface area contributed by atoms with Gasteiger partial charge in [-0.1, -0.05) is 42.5 Å². The Hall–Kier alpha value is -4.06. The summed E-state index contributed by atoms with van der Waals surface area (Å²) in [5.41, 5.74) is -4.16. The lowest BCUT2D eigenvalue weighted by Crippen LogP contribution is -2.48. The number of carbonyl (C=O) groups excluding carboxylic acids is 2. The first-order chi connectivity index (χ1) is 18.3. The standard InChI is InChI=1S/C27H22F6N2O4/c1-38-22-9-7-17(8-10-22)14-35-23(36)25(34-24(35)37,19-5-3-2-4-6-19)16-39-15-18-11-20(26(28,29)30)13-21(12-18)27(31,32)33/h2-13H,14-16H2,1H3,(H,34,37). The van der Waals surface area contributed by atoms with Gasteiger partial charge in [0.2, 0.25) is 0 Å². The lowest BCUT2D eigenvalue weighted by Gasteiger charge is -2.27. The third kappa shape index (κ3) is 6.00. The average molecular weight is 552 g/mol. The van der Waals surface area contributed by atoms with Gasteiger partial charge in [0, 0.05) is 0 Å². The number of nitrogens with one attached hydrogen (secondary N) is 1. The molecule has 1 atom stereocenters. The molecular formula is C27H22F6N2O4. The number of ether oxygens (including phenoxy) is 2.